The summed E-state index contributed by atoms with van der Waals surface area (Å²) in [6.07, 6.45) is 5.82. The number of nitrogens with one attached hydrogen (secondary N) is 2. The van der Waals surface area contributed by atoms with Gasteiger partial charge < -0.3 is 10.6 Å². The van der Waals surface area contributed by atoms with Gasteiger partial charge in [0.25, 0.3) is 0 Å². The van der Waals surface area contributed by atoms with Crippen LogP contribution in [0.2, 0.25) is 0 Å². The number of hydrogen-bond donors (Lipinski definition) is 2. The van der Waals surface area contributed by atoms with Crippen LogP contribution in [0.3, 0.4) is 0 Å². The Morgan fingerprint density at radius 3 is 2.78 bits per heavy atom. The maximum absolute atomic E-state index is 12.3. The minimum atomic E-state index is -0.170. The average molecular weight is 270 g/mol. The quantitative estimate of drug-likeness (QED) is 0.822. The highest BCUT2D eigenvalue weighted by Crippen LogP contribution is 2.38. The predicted octanol–water partition coefficient (Wildman–Crippen LogP) is 2.17. The molecule has 0 radical (unpaired) electrons. The SMILES string of the molecule is CCC1(CNC(=O)C2(C)CCCS2)CCCNC1. The molecule has 0 aromatic heterocycles. The molecule has 2 unspecified atom stereocenters. The molecule has 2 saturated heterocycles. The molecule has 4 heteroatoms. The Balaban J connectivity index is 1.87. The zero-order chi connectivity index (χ0) is 13.1. The number of piperidine rings is 1. The largest absolute Gasteiger partial charge is 0.354 e. The van der Waals surface area contributed by atoms with Crippen LogP contribution in [0.25, 0.3) is 0 Å². The monoisotopic (exact) mass is 270 g/mol. The first-order valence-corrected chi connectivity index (χ1v) is 8.22. The molecule has 0 bridgehead atoms. The Bertz CT molecular complexity index is 294. The second-order valence-electron chi connectivity index (χ2n) is 6.00. The summed E-state index contributed by atoms with van der Waals surface area (Å²) in [5.41, 5.74) is 0.285. The van der Waals surface area contributed by atoms with Crippen molar-refractivity contribution in [1.29, 1.82) is 0 Å². The molecule has 0 aliphatic carbocycles. The Hall–Kier alpha value is -0.220. The number of carbonyl (C=O) groups is 1. The molecule has 3 nitrogen and oxygen atoms in total. The fourth-order valence-electron chi connectivity index (χ4n) is 3.02. The van der Waals surface area contributed by atoms with Crippen LogP contribution in [0.4, 0.5) is 0 Å². The van der Waals surface area contributed by atoms with E-state index in [0.717, 1.165) is 38.2 Å². The van der Waals surface area contributed by atoms with E-state index in [2.05, 4.69) is 24.5 Å². The van der Waals surface area contributed by atoms with Gasteiger partial charge in [0.05, 0.1) is 4.75 Å². The smallest absolute Gasteiger partial charge is 0.235 e. The van der Waals surface area contributed by atoms with E-state index in [9.17, 15) is 4.79 Å². The summed E-state index contributed by atoms with van der Waals surface area (Å²) >= 11 is 1.82. The number of thioether (sulfide) groups is 1. The summed E-state index contributed by atoms with van der Waals surface area (Å²) in [4.78, 5) is 12.3. The van der Waals surface area contributed by atoms with Gasteiger partial charge in [-0.05, 0) is 56.7 Å². The fourth-order valence-corrected chi connectivity index (χ4v) is 4.25. The lowest BCUT2D eigenvalue weighted by molar-refractivity contribution is -0.123. The van der Waals surface area contributed by atoms with E-state index in [1.165, 1.54) is 19.3 Å². The first kappa shape index (κ1) is 14.2. The lowest BCUT2D eigenvalue weighted by Gasteiger charge is -2.38. The van der Waals surface area contributed by atoms with Gasteiger partial charge in [-0.2, -0.15) is 0 Å². The topological polar surface area (TPSA) is 41.1 Å². The van der Waals surface area contributed by atoms with Crippen LogP contribution < -0.4 is 10.6 Å². The molecule has 1 amide bonds. The molecule has 2 N–H and O–H groups in total. The average Bonchev–Trinajstić information content (AvgIpc) is 2.85. The van der Waals surface area contributed by atoms with Crippen molar-refractivity contribution in [2.75, 3.05) is 25.4 Å². The van der Waals surface area contributed by atoms with Gasteiger partial charge in [-0.3, -0.25) is 4.79 Å². The Labute approximate surface area is 115 Å². The van der Waals surface area contributed by atoms with E-state index in [1.54, 1.807) is 0 Å². The van der Waals surface area contributed by atoms with Gasteiger partial charge in [0.2, 0.25) is 5.91 Å². The zero-order valence-corrected chi connectivity index (χ0v) is 12.5. The Morgan fingerprint density at radius 2 is 2.22 bits per heavy atom. The van der Waals surface area contributed by atoms with E-state index >= 15 is 0 Å². The van der Waals surface area contributed by atoms with Gasteiger partial charge >= 0.3 is 0 Å². The van der Waals surface area contributed by atoms with Crippen molar-refractivity contribution in [1.82, 2.24) is 10.6 Å². The summed E-state index contributed by atoms with van der Waals surface area (Å²) in [7, 11) is 0. The standard InChI is InChI=1S/C14H26N2OS/c1-3-14(7-4-8-15-10-14)11-16-12(17)13(2)6-5-9-18-13/h15H,3-11H2,1-2H3,(H,16,17). The lowest BCUT2D eigenvalue weighted by atomic mass is 9.78. The summed E-state index contributed by atoms with van der Waals surface area (Å²) in [5.74, 6) is 1.38. The zero-order valence-electron chi connectivity index (χ0n) is 11.7. The highest BCUT2D eigenvalue weighted by atomic mass is 32.2. The number of amides is 1. The van der Waals surface area contributed by atoms with Crippen LogP contribution in [0, 0.1) is 5.41 Å². The fraction of sp³-hybridized carbons (Fsp3) is 0.929. The van der Waals surface area contributed by atoms with Crippen LogP contribution >= 0.6 is 11.8 Å². The van der Waals surface area contributed by atoms with Gasteiger partial charge in [0.1, 0.15) is 0 Å². The summed E-state index contributed by atoms with van der Waals surface area (Å²) < 4.78 is -0.170. The molecular weight excluding hydrogens is 244 g/mol. The molecule has 18 heavy (non-hydrogen) atoms. The molecule has 0 saturated carbocycles. The van der Waals surface area contributed by atoms with Crippen molar-refractivity contribution in [3.63, 3.8) is 0 Å². The van der Waals surface area contributed by atoms with Crippen LogP contribution in [0.1, 0.15) is 46.0 Å². The van der Waals surface area contributed by atoms with Crippen molar-refractivity contribution >= 4 is 17.7 Å². The second kappa shape index (κ2) is 5.83. The molecule has 0 spiro atoms. The molecule has 2 heterocycles. The minimum absolute atomic E-state index is 0.170. The third-order valence-electron chi connectivity index (χ3n) is 4.63. The maximum atomic E-state index is 12.3. The highest BCUT2D eigenvalue weighted by Gasteiger charge is 2.38. The van der Waals surface area contributed by atoms with Gasteiger partial charge in [-0.25, -0.2) is 0 Å². The lowest BCUT2D eigenvalue weighted by Crippen LogP contribution is -2.50. The number of hydrogen-bond acceptors (Lipinski definition) is 3. The van der Waals surface area contributed by atoms with Gasteiger partial charge in [0.15, 0.2) is 0 Å². The second-order valence-corrected chi connectivity index (χ2v) is 7.60. The Morgan fingerprint density at radius 1 is 1.39 bits per heavy atom. The summed E-state index contributed by atoms with van der Waals surface area (Å²) in [6.45, 7) is 7.35. The van der Waals surface area contributed by atoms with Crippen molar-refractivity contribution in [3.05, 3.63) is 0 Å². The van der Waals surface area contributed by atoms with Crippen LogP contribution in [-0.2, 0) is 4.79 Å². The van der Waals surface area contributed by atoms with E-state index in [4.69, 9.17) is 0 Å². The maximum Gasteiger partial charge on any atom is 0.235 e. The summed E-state index contributed by atoms with van der Waals surface area (Å²) in [6, 6.07) is 0. The van der Waals surface area contributed by atoms with Crippen LogP contribution in [-0.4, -0.2) is 36.0 Å². The first-order chi connectivity index (χ1) is 8.60. The van der Waals surface area contributed by atoms with Gasteiger partial charge in [0, 0.05) is 13.1 Å². The molecule has 0 aromatic rings. The van der Waals surface area contributed by atoms with Crippen molar-refractivity contribution in [2.45, 2.75) is 50.7 Å². The molecular formula is C14H26N2OS. The molecule has 104 valence electrons. The number of carbonyl (C=O) groups excluding carboxylic acids is 1. The van der Waals surface area contributed by atoms with Crippen LogP contribution in [0.15, 0.2) is 0 Å². The van der Waals surface area contributed by atoms with Crippen molar-refractivity contribution in [2.24, 2.45) is 5.41 Å². The van der Waals surface area contributed by atoms with E-state index in [0.29, 0.717) is 0 Å². The third kappa shape index (κ3) is 3.02. The highest BCUT2D eigenvalue weighted by molar-refractivity contribution is 8.01. The molecule has 2 rings (SSSR count). The molecule has 2 aliphatic rings. The predicted molar refractivity (Wildman–Crippen MR) is 77.9 cm³/mol. The molecule has 2 atom stereocenters. The molecule has 0 aromatic carbocycles. The van der Waals surface area contributed by atoms with Gasteiger partial charge in [-0.15, -0.1) is 11.8 Å². The van der Waals surface area contributed by atoms with Crippen LogP contribution in [0.5, 0.6) is 0 Å². The minimum Gasteiger partial charge on any atom is -0.354 e. The van der Waals surface area contributed by atoms with E-state index < -0.39 is 0 Å². The normalized spacial score (nSPS) is 36.6. The van der Waals surface area contributed by atoms with Crippen molar-refractivity contribution in [3.8, 4) is 0 Å². The van der Waals surface area contributed by atoms with E-state index in [1.807, 2.05) is 11.8 Å². The summed E-state index contributed by atoms with van der Waals surface area (Å²) in [5, 5.41) is 6.70. The van der Waals surface area contributed by atoms with Crippen molar-refractivity contribution < 1.29 is 4.79 Å². The van der Waals surface area contributed by atoms with Gasteiger partial charge in [-0.1, -0.05) is 6.92 Å². The first-order valence-electron chi connectivity index (χ1n) is 7.23. The molecule has 2 aliphatic heterocycles. The molecule has 2 fully saturated rings. The Kier molecular flexibility index (Phi) is 4.59. The van der Waals surface area contributed by atoms with E-state index in [-0.39, 0.29) is 16.1 Å². The third-order valence-corrected chi connectivity index (χ3v) is 6.15. The number of rotatable bonds is 4.